The molecule has 0 aliphatic carbocycles. The number of nitrogens with zero attached hydrogens (tertiary/aromatic N) is 3. The zero-order chi connectivity index (χ0) is 18.1. The first-order valence-electron chi connectivity index (χ1n) is 8.96. The average molecular weight is 349 g/mol. The second-order valence-electron chi connectivity index (χ2n) is 6.96. The molecule has 4 rings (SSSR count). The molecule has 5 heteroatoms. The van der Waals surface area contributed by atoms with Crippen molar-refractivity contribution in [2.75, 3.05) is 31.7 Å². The van der Waals surface area contributed by atoms with E-state index in [4.69, 9.17) is 14.7 Å². The summed E-state index contributed by atoms with van der Waals surface area (Å²) in [5, 5.41) is 11.3. The molecule has 1 atom stereocenters. The lowest BCUT2D eigenvalue weighted by Gasteiger charge is -2.20. The quantitative estimate of drug-likeness (QED) is 0.777. The number of methoxy groups -OCH3 is 1. The topological polar surface area (TPSA) is 58.5 Å². The monoisotopic (exact) mass is 349 g/mol. The van der Waals surface area contributed by atoms with Crippen LogP contribution in [-0.2, 0) is 4.74 Å². The standard InChI is InChI=1S/C21H23N3O2/c1-14-7-8-16-18(11-14)22-20(17-5-3-4-6-19(17)25)23-21(16)24-10-9-15(12-24)13-26-2/h3-8,11,15,25H,9-10,12-13H2,1-2H3/t15-/m1/s1. The minimum atomic E-state index is 0.198. The van der Waals surface area contributed by atoms with E-state index in [1.165, 1.54) is 0 Å². The predicted molar refractivity (Wildman–Crippen MR) is 104 cm³/mol. The van der Waals surface area contributed by atoms with E-state index in [9.17, 15) is 5.11 Å². The van der Waals surface area contributed by atoms with Gasteiger partial charge in [0.1, 0.15) is 11.6 Å². The molecule has 134 valence electrons. The number of benzene rings is 2. The Labute approximate surface area is 153 Å². The van der Waals surface area contributed by atoms with Crippen molar-refractivity contribution < 1.29 is 9.84 Å². The Hall–Kier alpha value is -2.66. The van der Waals surface area contributed by atoms with Crippen molar-refractivity contribution in [1.82, 2.24) is 9.97 Å². The van der Waals surface area contributed by atoms with Gasteiger partial charge in [-0.25, -0.2) is 9.97 Å². The first kappa shape index (κ1) is 16.8. The Kier molecular flexibility index (Phi) is 4.47. The minimum absolute atomic E-state index is 0.198. The van der Waals surface area contributed by atoms with E-state index in [0.717, 1.165) is 48.4 Å². The number of fused-ring (bicyclic) bond motifs is 1. The molecule has 0 amide bonds. The van der Waals surface area contributed by atoms with Crippen molar-refractivity contribution in [2.45, 2.75) is 13.3 Å². The largest absolute Gasteiger partial charge is 0.507 e. The highest BCUT2D eigenvalue weighted by Crippen LogP contribution is 2.33. The van der Waals surface area contributed by atoms with Gasteiger partial charge in [-0.3, -0.25) is 0 Å². The summed E-state index contributed by atoms with van der Waals surface area (Å²) in [4.78, 5) is 11.9. The van der Waals surface area contributed by atoms with Gasteiger partial charge in [0.2, 0.25) is 0 Å². The van der Waals surface area contributed by atoms with Gasteiger partial charge in [-0.05, 0) is 43.2 Å². The molecule has 1 aliphatic rings. The predicted octanol–water partition coefficient (Wildman–Crippen LogP) is 3.78. The molecule has 0 radical (unpaired) electrons. The summed E-state index contributed by atoms with van der Waals surface area (Å²) in [6, 6.07) is 13.5. The van der Waals surface area contributed by atoms with Crippen LogP contribution < -0.4 is 4.90 Å². The fourth-order valence-corrected chi connectivity index (χ4v) is 3.64. The first-order valence-corrected chi connectivity index (χ1v) is 8.96. The number of aromatic nitrogens is 2. The minimum Gasteiger partial charge on any atom is -0.507 e. The molecule has 1 fully saturated rings. The summed E-state index contributed by atoms with van der Waals surface area (Å²) in [7, 11) is 1.75. The van der Waals surface area contributed by atoms with Crippen LogP contribution in [0, 0.1) is 12.8 Å². The molecule has 0 unspecified atom stereocenters. The van der Waals surface area contributed by atoms with Gasteiger partial charge in [0, 0.05) is 31.5 Å². The molecule has 5 nitrogen and oxygen atoms in total. The van der Waals surface area contributed by atoms with E-state index in [1.54, 1.807) is 19.2 Å². The van der Waals surface area contributed by atoms with E-state index in [1.807, 2.05) is 12.1 Å². The number of phenolic OH excluding ortho intramolecular Hbond substituents is 1. The highest BCUT2D eigenvalue weighted by Gasteiger charge is 2.26. The summed E-state index contributed by atoms with van der Waals surface area (Å²) in [5.74, 6) is 2.21. The number of hydrogen-bond donors (Lipinski definition) is 1. The Morgan fingerprint density at radius 2 is 2.04 bits per heavy atom. The van der Waals surface area contributed by atoms with Crippen molar-refractivity contribution in [2.24, 2.45) is 5.92 Å². The van der Waals surface area contributed by atoms with Crippen molar-refractivity contribution in [3.05, 3.63) is 48.0 Å². The van der Waals surface area contributed by atoms with Crippen LogP contribution in [0.15, 0.2) is 42.5 Å². The van der Waals surface area contributed by atoms with Crippen molar-refractivity contribution in [3.8, 4) is 17.1 Å². The molecule has 1 saturated heterocycles. The Bertz CT molecular complexity index is 942. The summed E-state index contributed by atoms with van der Waals surface area (Å²) < 4.78 is 5.33. The van der Waals surface area contributed by atoms with Crippen molar-refractivity contribution in [3.63, 3.8) is 0 Å². The van der Waals surface area contributed by atoms with Crippen molar-refractivity contribution in [1.29, 1.82) is 0 Å². The Balaban J connectivity index is 1.84. The lowest BCUT2D eigenvalue weighted by atomic mass is 10.1. The lowest BCUT2D eigenvalue weighted by molar-refractivity contribution is 0.161. The lowest BCUT2D eigenvalue weighted by Crippen LogP contribution is -2.22. The second-order valence-corrected chi connectivity index (χ2v) is 6.96. The number of aryl methyl sites for hydroxylation is 1. The van der Waals surface area contributed by atoms with Crippen molar-refractivity contribution >= 4 is 16.7 Å². The third kappa shape index (κ3) is 3.10. The van der Waals surface area contributed by atoms with Gasteiger partial charge in [0.05, 0.1) is 17.7 Å². The summed E-state index contributed by atoms with van der Waals surface area (Å²) in [5.41, 5.74) is 2.72. The molecule has 26 heavy (non-hydrogen) atoms. The highest BCUT2D eigenvalue weighted by atomic mass is 16.5. The van der Waals surface area contributed by atoms with Gasteiger partial charge >= 0.3 is 0 Å². The van der Waals surface area contributed by atoms with E-state index in [2.05, 4.69) is 30.0 Å². The molecule has 0 saturated carbocycles. The molecular formula is C21H23N3O2. The first-order chi connectivity index (χ1) is 12.7. The molecule has 1 N–H and O–H groups in total. The van der Waals surface area contributed by atoms with Crippen LogP contribution in [0.5, 0.6) is 5.75 Å². The molecule has 0 bridgehead atoms. The highest BCUT2D eigenvalue weighted by molar-refractivity contribution is 5.92. The Morgan fingerprint density at radius 3 is 2.85 bits per heavy atom. The molecule has 2 aromatic carbocycles. The normalized spacial score (nSPS) is 17.2. The maximum absolute atomic E-state index is 10.2. The van der Waals surface area contributed by atoms with Gasteiger partial charge in [-0.1, -0.05) is 18.2 Å². The van der Waals surface area contributed by atoms with E-state index < -0.39 is 0 Å². The third-order valence-electron chi connectivity index (χ3n) is 4.97. The van der Waals surface area contributed by atoms with Gasteiger partial charge in [0.15, 0.2) is 5.82 Å². The summed E-state index contributed by atoms with van der Waals surface area (Å²) in [6.45, 7) is 4.71. The molecule has 2 heterocycles. The van der Waals surface area contributed by atoms with Crippen LogP contribution in [0.25, 0.3) is 22.3 Å². The summed E-state index contributed by atoms with van der Waals surface area (Å²) in [6.07, 6.45) is 1.09. The smallest absolute Gasteiger partial charge is 0.165 e. The maximum atomic E-state index is 10.2. The fraction of sp³-hybridized carbons (Fsp3) is 0.333. The van der Waals surface area contributed by atoms with E-state index in [0.29, 0.717) is 17.3 Å². The van der Waals surface area contributed by atoms with Gasteiger partial charge in [0.25, 0.3) is 0 Å². The summed E-state index contributed by atoms with van der Waals surface area (Å²) >= 11 is 0. The SMILES string of the molecule is COC[C@@H]1CCN(c2nc(-c3ccccc3O)nc3cc(C)ccc23)C1. The van der Waals surface area contributed by atoms with Crippen LogP contribution >= 0.6 is 0 Å². The number of rotatable bonds is 4. The number of ether oxygens (including phenoxy) is 1. The zero-order valence-corrected chi connectivity index (χ0v) is 15.1. The van der Waals surface area contributed by atoms with E-state index >= 15 is 0 Å². The number of anilines is 1. The molecule has 1 aliphatic heterocycles. The number of para-hydroxylation sites is 1. The van der Waals surface area contributed by atoms with Gasteiger partial charge in [-0.2, -0.15) is 0 Å². The Morgan fingerprint density at radius 1 is 1.19 bits per heavy atom. The van der Waals surface area contributed by atoms with Crippen LogP contribution in [0.1, 0.15) is 12.0 Å². The van der Waals surface area contributed by atoms with Gasteiger partial charge < -0.3 is 14.7 Å². The van der Waals surface area contributed by atoms with Crippen LogP contribution in [0.4, 0.5) is 5.82 Å². The van der Waals surface area contributed by atoms with Crippen LogP contribution in [0.3, 0.4) is 0 Å². The molecular weight excluding hydrogens is 326 g/mol. The number of aromatic hydroxyl groups is 1. The molecule has 3 aromatic rings. The fourth-order valence-electron chi connectivity index (χ4n) is 3.64. The number of hydrogen-bond acceptors (Lipinski definition) is 5. The van der Waals surface area contributed by atoms with Crippen LogP contribution in [0.2, 0.25) is 0 Å². The van der Waals surface area contributed by atoms with Crippen LogP contribution in [-0.4, -0.2) is 41.9 Å². The molecule has 0 spiro atoms. The average Bonchev–Trinajstić information content (AvgIpc) is 3.10. The molecule has 1 aromatic heterocycles. The van der Waals surface area contributed by atoms with Gasteiger partial charge in [-0.15, -0.1) is 0 Å². The third-order valence-corrected chi connectivity index (χ3v) is 4.97. The number of phenols is 1. The zero-order valence-electron chi connectivity index (χ0n) is 15.1. The second kappa shape index (κ2) is 6.92. The maximum Gasteiger partial charge on any atom is 0.165 e. The van der Waals surface area contributed by atoms with E-state index in [-0.39, 0.29) is 5.75 Å².